The molecular formula is C8H7Cl2N3. The third-order valence-electron chi connectivity index (χ3n) is 1.11. The first-order valence-electron chi connectivity index (χ1n) is 3.52. The van der Waals surface area contributed by atoms with Crippen LogP contribution in [0.4, 0.5) is 0 Å². The van der Waals surface area contributed by atoms with Gasteiger partial charge in [-0.3, -0.25) is 9.97 Å². The van der Waals surface area contributed by atoms with E-state index in [0.717, 1.165) is 0 Å². The topological polar surface area (TPSA) is 38.1 Å². The van der Waals surface area contributed by atoms with Crippen LogP contribution in [-0.4, -0.2) is 15.1 Å². The Balaban J connectivity index is 2.83. The molecule has 0 aromatic carbocycles. The van der Waals surface area contributed by atoms with Gasteiger partial charge >= 0.3 is 0 Å². The Morgan fingerprint density at radius 2 is 2.23 bits per heavy atom. The molecule has 1 aromatic rings. The van der Waals surface area contributed by atoms with Crippen molar-refractivity contribution >= 4 is 34.4 Å². The van der Waals surface area contributed by atoms with E-state index in [4.69, 9.17) is 23.2 Å². The van der Waals surface area contributed by atoms with Crippen LogP contribution in [0.3, 0.4) is 0 Å². The maximum atomic E-state index is 5.73. The maximum absolute atomic E-state index is 5.73. The summed E-state index contributed by atoms with van der Waals surface area (Å²) in [4.78, 5) is 11.7. The smallest absolute Gasteiger partial charge is 0.132 e. The number of aliphatic imine (C=N–C) groups is 1. The SMILES string of the molecule is CC(Cl)=NC(Cl)=Cc1cnccn1. The Kier molecular flexibility index (Phi) is 3.86. The van der Waals surface area contributed by atoms with Gasteiger partial charge in [-0.2, -0.15) is 0 Å². The fraction of sp³-hybridized carbons (Fsp3) is 0.125. The molecule has 5 heteroatoms. The number of hydrogen-bond donors (Lipinski definition) is 0. The van der Waals surface area contributed by atoms with E-state index in [0.29, 0.717) is 10.9 Å². The zero-order chi connectivity index (χ0) is 9.68. The lowest BCUT2D eigenvalue weighted by Gasteiger charge is -1.91. The summed E-state index contributed by atoms with van der Waals surface area (Å²) >= 11 is 11.3. The summed E-state index contributed by atoms with van der Waals surface area (Å²) in [5, 5.41) is 0.665. The molecule has 0 unspecified atom stereocenters. The molecular weight excluding hydrogens is 209 g/mol. The minimum Gasteiger partial charge on any atom is -0.261 e. The van der Waals surface area contributed by atoms with E-state index >= 15 is 0 Å². The van der Waals surface area contributed by atoms with Gasteiger partial charge in [-0.05, 0) is 6.92 Å². The van der Waals surface area contributed by atoms with Gasteiger partial charge in [-0.15, -0.1) is 0 Å². The lowest BCUT2D eigenvalue weighted by atomic mass is 10.4. The van der Waals surface area contributed by atoms with Crippen molar-refractivity contribution in [3.8, 4) is 0 Å². The van der Waals surface area contributed by atoms with Gasteiger partial charge < -0.3 is 0 Å². The summed E-state index contributed by atoms with van der Waals surface area (Å²) in [6.07, 6.45) is 6.33. The Morgan fingerprint density at radius 3 is 2.77 bits per heavy atom. The van der Waals surface area contributed by atoms with Crippen molar-refractivity contribution in [2.24, 2.45) is 4.99 Å². The molecule has 0 saturated heterocycles. The van der Waals surface area contributed by atoms with E-state index in [9.17, 15) is 0 Å². The maximum Gasteiger partial charge on any atom is 0.132 e. The first kappa shape index (κ1) is 10.2. The first-order chi connectivity index (χ1) is 6.18. The van der Waals surface area contributed by atoms with E-state index in [-0.39, 0.29) is 5.16 Å². The van der Waals surface area contributed by atoms with E-state index in [1.165, 1.54) is 0 Å². The lowest BCUT2D eigenvalue weighted by molar-refractivity contribution is 1.18. The Bertz CT molecular complexity index is 329. The summed E-state index contributed by atoms with van der Waals surface area (Å²) in [6.45, 7) is 1.65. The molecule has 0 aliphatic rings. The van der Waals surface area contributed by atoms with Crippen LogP contribution in [0, 0.1) is 0 Å². The van der Waals surface area contributed by atoms with Crippen molar-refractivity contribution in [3.63, 3.8) is 0 Å². The minimum atomic E-state index is 0.285. The Morgan fingerprint density at radius 1 is 1.46 bits per heavy atom. The van der Waals surface area contributed by atoms with Crippen LogP contribution >= 0.6 is 23.2 Å². The Labute approximate surface area is 86.1 Å². The highest BCUT2D eigenvalue weighted by molar-refractivity contribution is 6.65. The van der Waals surface area contributed by atoms with Crippen LogP contribution in [0.25, 0.3) is 6.08 Å². The number of rotatable bonds is 2. The predicted octanol–water partition coefficient (Wildman–Crippen LogP) is 2.67. The third kappa shape index (κ3) is 4.01. The average Bonchev–Trinajstić information content (AvgIpc) is 2.04. The Hall–Kier alpha value is -0.930. The highest BCUT2D eigenvalue weighted by Gasteiger charge is 1.92. The summed E-state index contributed by atoms with van der Waals surface area (Å²) in [5.41, 5.74) is 0.647. The minimum absolute atomic E-state index is 0.285. The van der Waals surface area contributed by atoms with Crippen molar-refractivity contribution in [2.75, 3.05) is 0 Å². The van der Waals surface area contributed by atoms with E-state index < -0.39 is 0 Å². The molecule has 3 nitrogen and oxygen atoms in total. The van der Waals surface area contributed by atoms with E-state index in [1.54, 1.807) is 31.6 Å². The molecule has 0 amide bonds. The summed E-state index contributed by atoms with van der Waals surface area (Å²) in [6, 6.07) is 0. The van der Waals surface area contributed by atoms with Gasteiger partial charge in [0.25, 0.3) is 0 Å². The molecule has 1 aromatic heterocycles. The number of nitrogens with zero attached hydrogens (tertiary/aromatic N) is 3. The second kappa shape index (κ2) is 4.94. The van der Waals surface area contributed by atoms with E-state index in [2.05, 4.69) is 15.0 Å². The molecule has 1 rings (SSSR count). The van der Waals surface area contributed by atoms with Crippen molar-refractivity contribution in [3.05, 3.63) is 29.4 Å². The number of aromatic nitrogens is 2. The summed E-state index contributed by atoms with van der Waals surface area (Å²) in [5.74, 6) is 0. The predicted molar refractivity (Wildman–Crippen MR) is 54.8 cm³/mol. The second-order valence-electron chi connectivity index (χ2n) is 2.21. The molecule has 13 heavy (non-hydrogen) atoms. The molecule has 0 atom stereocenters. The van der Waals surface area contributed by atoms with Crippen LogP contribution in [0.1, 0.15) is 12.6 Å². The zero-order valence-corrected chi connectivity index (χ0v) is 8.42. The quantitative estimate of drug-likeness (QED) is 0.563. The van der Waals surface area contributed by atoms with Crippen LogP contribution in [-0.2, 0) is 0 Å². The molecule has 0 saturated carbocycles. The van der Waals surface area contributed by atoms with Gasteiger partial charge in [0, 0.05) is 18.5 Å². The highest BCUT2D eigenvalue weighted by Crippen LogP contribution is 2.09. The molecule has 0 aliphatic carbocycles. The van der Waals surface area contributed by atoms with Crippen molar-refractivity contribution < 1.29 is 0 Å². The van der Waals surface area contributed by atoms with Gasteiger partial charge in [-0.1, -0.05) is 23.2 Å². The molecule has 0 spiro atoms. The molecule has 68 valence electrons. The van der Waals surface area contributed by atoms with Crippen LogP contribution in [0.2, 0.25) is 0 Å². The molecule has 0 radical (unpaired) electrons. The lowest BCUT2D eigenvalue weighted by Crippen LogP contribution is -1.82. The van der Waals surface area contributed by atoms with Crippen LogP contribution < -0.4 is 0 Å². The third-order valence-corrected chi connectivity index (χ3v) is 1.39. The summed E-state index contributed by atoms with van der Waals surface area (Å²) in [7, 11) is 0. The molecule has 0 bridgehead atoms. The molecule has 0 aliphatic heterocycles. The number of hydrogen-bond acceptors (Lipinski definition) is 3. The van der Waals surface area contributed by atoms with Crippen LogP contribution in [0.5, 0.6) is 0 Å². The normalized spacial score (nSPS) is 13.2. The molecule has 1 heterocycles. The standard InChI is InChI=1S/C8H7Cl2N3/c1-6(9)13-8(10)4-7-5-11-2-3-12-7/h2-5H,1H3. The van der Waals surface area contributed by atoms with Crippen molar-refractivity contribution in [1.29, 1.82) is 0 Å². The van der Waals surface area contributed by atoms with Gasteiger partial charge in [0.1, 0.15) is 10.3 Å². The largest absolute Gasteiger partial charge is 0.261 e. The molecule has 0 N–H and O–H groups in total. The van der Waals surface area contributed by atoms with Crippen molar-refractivity contribution in [2.45, 2.75) is 6.92 Å². The van der Waals surface area contributed by atoms with Crippen molar-refractivity contribution in [1.82, 2.24) is 9.97 Å². The fourth-order valence-corrected chi connectivity index (χ4v) is 1.06. The fourth-order valence-electron chi connectivity index (χ4n) is 0.687. The van der Waals surface area contributed by atoms with Gasteiger partial charge in [-0.25, -0.2) is 4.99 Å². The highest BCUT2D eigenvalue weighted by atomic mass is 35.5. The first-order valence-corrected chi connectivity index (χ1v) is 4.28. The van der Waals surface area contributed by atoms with Crippen LogP contribution in [0.15, 0.2) is 28.7 Å². The van der Waals surface area contributed by atoms with Gasteiger partial charge in [0.2, 0.25) is 0 Å². The number of halogens is 2. The van der Waals surface area contributed by atoms with E-state index in [1.807, 2.05) is 0 Å². The molecule has 0 fully saturated rings. The average molecular weight is 216 g/mol. The van der Waals surface area contributed by atoms with Gasteiger partial charge in [0.15, 0.2) is 0 Å². The monoisotopic (exact) mass is 215 g/mol. The summed E-state index contributed by atoms with van der Waals surface area (Å²) < 4.78 is 0. The van der Waals surface area contributed by atoms with Gasteiger partial charge in [0.05, 0.1) is 11.9 Å². The second-order valence-corrected chi connectivity index (χ2v) is 3.14. The zero-order valence-electron chi connectivity index (χ0n) is 6.91.